The molecule has 0 spiro atoms. The van der Waals surface area contributed by atoms with Crippen molar-refractivity contribution in [1.29, 1.82) is 0 Å². The quantitative estimate of drug-likeness (QED) is 0.856. The summed E-state index contributed by atoms with van der Waals surface area (Å²) in [4.78, 5) is 17.3. The fourth-order valence-electron chi connectivity index (χ4n) is 2.32. The van der Waals surface area contributed by atoms with Crippen molar-refractivity contribution in [1.82, 2.24) is 10.2 Å². The molecule has 1 aliphatic heterocycles. The van der Waals surface area contributed by atoms with Gasteiger partial charge in [-0.05, 0) is 13.5 Å². The molecule has 1 saturated heterocycles. The van der Waals surface area contributed by atoms with E-state index in [9.17, 15) is 4.79 Å². The Kier molecular flexibility index (Phi) is 5.30. The molecule has 3 N–H and O–H groups in total. The van der Waals surface area contributed by atoms with Gasteiger partial charge in [0.1, 0.15) is 15.6 Å². The minimum atomic E-state index is -0.113. The number of methoxy groups -OCH3 is 1. The molecule has 1 amide bonds. The molecule has 0 saturated carbocycles. The van der Waals surface area contributed by atoms with Crippen LogP contribution in [0.25, 0.3) is 0 Å². The van der Waals surface area contributed by atoms with E-state index in [0.717, 1.165) is 37.6 Å². The van der Waals surface area contributed by atoms with Gasteiger partial charge in [-0.25, -0.2) is 0 Å². The number of hydrogen-bond acceptors (Lipinski definition) is 6. The first-order chi connectivity index (χ1) is 10.1. The van der Waals surface area contributed by atoms with Crippen molar-refractivity contribution in [2.24, 2.45) is 0 Å². The molecule has 1 aliphatic rings. The van der Waals surface area contributed by atoms with Crippen molar-refractivity contribution >= 4 is 27.9 Å². The van der Waals surface area contributed by atoms with Crippen LogP contribution in [0.3, 0.4) is 0 Å². The number of hydrogen-bond donors (Lipinski definition) is 2. The van der Waals surface area contributed by atoms with Crippen molar-refractivity contribution in [2.45, 2.75) is 13.3 Å². The van der Waals surface area contributed by atoms with Crippen molar-refractivity contribution in [2.75, 3.05) is 57.5 Å². The first kappa shape index (κ1) is 15.9. The van der Waals surface area contributed by atoms with Crippen LogP contribution in [-0.2, 0) is 0 Å². The predicted octanol–water partition coefficient (Wildman–Crippen LogP) is 1.23. The summed E-state index contributed by atoms with van der Waals surface area (Å²) in [6, 6.07) is 0. The number of carbonyl (C=O) groups is 1. The summed E-state index contributed by atoms with van der Waals surface area (Å²) < 4.78 is 5.44. The van der Waals surface area contributed by atoms with Crippen LogP contribution in [0, 0.1) is 0 Å². The van der Waals surface area contributed by atoms with Crippen molar-refractivity contribution in [3.05, 3.63) is 4.88 Å². The Morgan fingerprint density at radius 2 is 2.05 bits per heavy atom. The first-order valence-corrected chi connectivity index (χ1v) is 8.08. The highest BCUT2D eigenvalue weighted by Gasteiger charge is 2.26. The molecule has 0 atom stereocenters. The van der Waals surface area contributed by atoms with Crippen LogP contribution in [0.1, 0.15) is 23.0 Å². The highest BCUT2D eigenvalue weighted by Crippen LogP contribution is 2.44. The fraction of sp³-hybridized carbons (Fsp3) is 0.643. The lowest BCUT2D eigenvalue weighted by molar-refractivity contribution is 0.0958. The van der Waals surface area contributed by atoms with Gasteiger partial charge in [0.05, 0.1) is 7.11 Å². The van der Waals surface area contributed by atoms with E-state index in [0.29, 0.717) is 22.9 Å². The fourth-order valence-corrected chi connectivity index (χ4v) is 3.48. The van der Waals surface area contributed by atoms with Crippen LogP contribution in [0.2, 0.25) is 0 Å². The molecular formula is C14H24N4O2S. The SMILES string of the molecule is CCCNC(=O)c1sc(N2CCN(C)CC2)c(OC)c1N. The third kappa shape index (κ3) is 3.41. The molecule has 2 rings (SSSR count). The lowest BCUT2D eigenvalue weighted by atomic mass is 10.3. The summed E-state index contributed by atoms with van der Waals surface area (Å²) in [6.45, 7) is 6.51. The van der Waals surface area contributed by atoms with Crippen LogP contribution in [0.5, 0.6) is 5.75 Å². The molecule has 1 fully saturated rings. The van der Waals surface area contributed by atoms with Crippen LogP contribution in [0.4, 0.5) is 10.7 Å². The zero-order valence-corrected chi connectivity index (χ0v) is 13.8. The third-order valence-electron chi connectivity index (χ3n) is 3.62. The maximum atomic E-state index is 12.2. The van der Waals surface area contributed by atoms with E-state index in [2.05, 4.69) is 22.2 Å². The smallest absolute Gasteiger partial charge is 0.263 e. The maximum Gasteiger partial charge on any atom is 0.263 e. The average Bonchev–Trinajstić information content (AvgIpc) is 2.82. The second kappa shape index (κ2) is 7.00. The minimum absolute atomic E-state index is 0.113. The number of nitrogens with two attached hydrogens (primary N) is 1. The number of anilines is 2. The Hall–Kier alpha value is -1.47. The van der Waals surface area contributed by atoms with E-state index in [1.165, 1.54) is 11.3 Å². The van der Waals surface area contributed by atoms with Crippen molar-refractivity contribution in [3.8, 4) is 5.75 Å². The van der Waals surface area contributed by atoms with Crippen LogP contribution < -0.4 is 20.7 Å². The standard InChI is InChI=1S/C14H24N4O2S/c1-4-5-16-13(19)12-10(15)11(20-3)14(21-12)18-8-6-17(2)7-9-18/h4-9,15H2,1-3H3,(H,16,19). The molecule has 0 radical (unpaired) electrons. The Morgan fingerprint density at radius 1 is 1.38 bits per heavy atom. The Morgan fingerprint density at radius 3 is 2.62 bits per heavy atom. The van der Waals surface area contributed by atoms with Gasteiger partial charge in [-0.1, -0.05) is 6.92 Å². The largest absolute Gasteiger partial charge is 0.492 e. The Bertz CT molecular complexity index is 495. The van der Waals surface area contributed by atoms with Gasteiger partial charge in [-0.2, -0.15) is 0 Å². The summed E-state index contributed by atoms with van der Waals surface area (Å²) in [6.07, 6.45) is 0.902. The number of nitrogens with zero attached hydrogens (tertiary/aromatic N) is 2. The molecule has 2 heterocycles. The maximum absolute atomic E-state index is 12.2. The lowest BCUT2D eigenvalue weighted by Crippen LogP contribution is -2.44. The Balaban J connectivity index is 2.23. The van der Waals surface area contributed by atoms with Crippen LogP contribution >= 0.6 is 11.3 Å². The number of nitrogens with one attached hydrogen (secondary N) is 1. The first-order valence-electron chi connectivity index (χ1n) is 7.26. The zero-order chi connectivity index (χ0) is 15.4. The second-order valence-corrected chi connectivity index (χ2v) is 6.23. The van der Waals surface area contributed by atoms with E-state index in [1.54, 1.807) is 7.11 Å². The second-order valence-electron chi connectivity index (χ2n) is 5.23. The molecule has 1 aromatic heterocycles. The molecule has 0 aliphatic carbocycles. The summed E-state index contributed by atoms with van der Waals surface area (Å²) >= 11 is 1.42. The average molecular weight is 312 g/mol. The predicted molar refractivity (Wildman–Crippen MR) is 87.6 cm³/mol. The number of likely N-dealkylation sites (N-methyl/N-ethyl adjacent to an activating group) is 1. The normalized spacial score (nSPS) is 16.0. The number of nitrogen functional groups attached to an aromatic ring is 1. The van der Waals surface area contributed by atoms with Gasteiger partial charge in [0.15, 0.2) is 5.75 Å². The molecule has 0 aromatic carbocycles. The summed E-state index contributed by atoms with van der Waals surface area (Å²) in [5, 5.41) is 3.84. The van der Waals surface area contributed by atoms with Gasteiger partial charge < -0.3 is 25.6 Å². The minimum Gasteiger partial charge on any atom is -0.492 e. The number of carbonyl (C=O) groups excluding carboxylic acids is 1. The van der Waals surface area contributed by atoms with Gasteiger partial charge in [-0.3, -0.25) is 4.79 Å². The number of piperazine rings is 1. The molecule has 1 aromatic rings. The van der Waals surface area contributed by atoms with Gasteiger partial charge in [0, 0.05) is 32.7 Å². The molecule has 0 bridgehead atoms. The number of ether oxygens (including phenoxy) is 1. The van der Waals surface area contributed by atoms with Crippen molar-refractivity contribution < 1.29 is 9.53 Å². The monoisotopic (exact) mass is 312 g/mol. The van der Waals surface area contributed by atoms with E-state index in [-0.39, 0.29) is 5.91 Å². The molecular weight excluding hydrogens is 288 g/mol. The molecule has 0 unspecified atom stereocenters. The topological polar surface area (TPSA) is 70.8 Å². The van der Waals surface area contributed by atoms with E-state index < -0.39 is 0 Å². The third-order valence-corrected chi connectivity index (χ3v) is 4.87. The summed E-state index contributed by atoms with van der Waals surface area (Å²) in [7, 11) is 3.71. The van der Waals surface area contributed by atoms with E-state index >= 15 is 0 Å². The zero-order valence-electron chi connectivity index (χ0n) is 12.9. The Labute approximate surface area is 129 Å². The molecule has 6 nitrogen and oxygen atoms in total. The van der Waals surface area contributed by atoms with E-state index in [4.69, 9.17) is 10.5 Å². The van der Waals surface area contributed by atoms with Crippen molar-refractivity contribution in [3.63, 3.8) is 0 Å². The van der Waals surface area contributed by atoms with E-state index in [1.807, 2.05) is 6.92 Å². The van der Waals surface area contributed by atoms with Gasteiger partial charge in [0.25, 0.3) is 5.91 Å². The summed E-state index contributed by atoms with van der Waals surface area (Å²) in [5.41, 5.74) is 6.56. The molecule has 21 heavy (non-hydrogen) atoms. The van der Waals surface area contributed by atoms with Gasteiger partial charge in [-0.15, -0.1) is 11.3 Å². The van der Waals surface area contributed by atoms with Gasteiger partial charge in [0.2, 0.25) is 0 Å². The van der Waals surface area contributed by atoms with Crippen LogP contribution in [0.15, 0.2) is 0 Å². The number of thiophene rings is 1. The van der Waals surface area contributed by atoms with Crippen LogP contribution in [-0.4, -0.2) is 57.7 Å². The highest BCUT2D eigenvalue weighted by molar-refractivity contribution is 7.19. The number of rotatable bonds is 5. The number of amides is 1. The lowest BCUT2D eigenvalue weighted by Gasteiger charge is -2.33. The molecule has 7 heteroatoms. The van der Waals surface area contributed by atoms with Gasteiger partial charge >= 0.3 is 0 Å². The highest BCUT2D eigenvalue weighted by atomic mass is 32.1. The molecule has 118 valence electrons. The summed E-state index contributed by atoms with van der Waals surface area (Å²) in [5.74, 6) is 0.518.